The summed E-state index contributed by atoms with van der Waals surface area (Å²) in [6.45, 7) is 2.07. The molecule has 0 unspecified atom stereocenters. The molecule has 0 amide bonds. The molecule has 0 aromatic carbocycles. The van der Waals surface area contributed by atoms with Gasteiger partial charge in [0.15, 0.2) is 11.3 Å². The number of nitrogens with zero attached hydrogens (tertiary/aromatic N) is 3. The van der Waals surface area contributed by atoms with Gasteiger partial charge >= 0.3 is 5.69 Å². The predicted octanol–water partition coefficient (Wildman–Crippen LogP) is 2.50. The van der Waals surface area contributed by atoms with E-state index in [1.54, 1.807) is 10.8 Å². The van der Waals surface area contributed by atoms with E-state index in [4.69, 9.17) is 0 Å². The Kier molecular flexibility index (Phi) is 2.89. The number of nitrogens with one attached hydrogen (secondary N) is 1. The predicted molar refractivity (Wildman–Crippen MR) is 77.0 cm³/mol. The van der Waals surface area contributed by atoms with Gasteiger partial charge < -0.3 is 0 Å². The normalized spacial score (nSPS) is 22.2. The minimum absolute atomic E-state index is 0.171. The summed E-state index contributed by atoms with van der Waals surface area (Å²) in [5.41, 5.74) is 0.569. The molecule has 0 fully saturated rings. The second-order valence-electron chi connectivity index (χ2n) is 4.58. The molecule has 0 saturated carbocycles. The Morgan fingerprint density at radius 2 is 2.37 bits per heavy atom. The van der Waals surface area contributed by atoms with E-state index in [0.29, 0.717) is 15.9 Å². The molecule has 3 rings (SSSR count). The molecule has 0 spiro atoms. The van der Waals surface area contributed by atoms with Crippen LogP contribution in [0.4, 0.5) is 0 Å². The van der Waals surface area contributed by atoms with Crippen molar-refractivity contribution in [3.05, 3.63) is 45.6 Å². The van der Waals surface area contributed by atoms with Crippen LogP contribution in [0.5, 0.6) is 0 Å². The van der Waals surface area contributed by atoms with Gasteiger partial charge in [-0.05, 0) is 28.8 Å². The van der Waals surface area contributed by atoms with E-state index in [2.05, 4.69) is 50.0 Å². The van der Waals surface area contributed by atoms with Crippen LogP contribution in [-0.4, -0.2) is 19.5 Å². The summed E-state index contributed by atoms with van der Waals surface area (Å²) >= 11 is 3.30. The van der Waals surface area contributed by atoms with Crippen LogP contribution in [0.3, 0.4) is 0 Å². The summed E-state index contributed by atoms with van der Waals surface area (Å²) in [4.78, 5) is 23.6. The Balaban J connectivity index is 2.32. The first-order valence-corrected chi connectivity index (χ1v) is 6.94. The first-order chi connectivity index (χ1) is 9.16. The van der Waals surface area contributed by atoms with Gasteiger partial charge in [0.25, 0.3) is 0 Å². The van der Waals surface area contributed by atoms with Crippen LogP contribution in [0.1, 0.15) is 19.8 Å². The lowest BCUT2D eigenvalue weighted by Gasteiger charge is -2.31. The van der Waals surface area contributed by atoms with Gasteiger partial charge in [-0.25, -0.2) is 14.8 Å². The number of aromatic nitrogens is 4. The number of hydrogen-bond acceptors (Lipinski definition) is 3. The molecule has 0 saturated heterocycles. The average Bonchev–Trinajstić information content (AvgIpc) is 2.75. The maximum Gasteiger partial charge on any atom is 0.329 e. The number of H-pyrrole nitrogens is 1. The molecular weight excluding hydrogens is 308 g/mol. The fourth-order valence-corrected chi connectivity index (χ4v) is 2.78. The zero-order valence-electron chi connectivity index (χ0n) is 10.4. The van der Waals surface area contributed by atoms with Crippen molar-refractivity contribution < 1.29 is 0 Å². The first-order valence-electron chi connectivity index (χ1n) is 6.14. The Morgan fingerprint density at radius 1 is 1.53 bits per heavy atom. The quantitative estimate of drug-likeness (QED) is 0.924. The van der Waals surface area contributed by atoms with Crippen molar-refractivity contribution in [3.63, 3.8) is 0 Å². The molecule has 6 heteroatoms. The molecule has 0 bridgehead atoms. The van der Waals surface area contributed by atoms with E-state index < -0.39 is 0 Å². The Morgan fingerprint density at radius 3 is 3.05 bits per heavy atom. The van der Waals surface area contributed by atoms with Crippen LogP contribution in [0.15, 0.2) is 39.9 Å². The number of hydrogen-bond donors (Lipinski definition) is 1. The second kappa shape index (κ2) is 4.45. The van der Waals surface area contributed by atoms with Crippen molar-refractivity contribution in [1.29, 1.82) is 0 Å². The molecule has 1 aliphatic carbocycles. The number of fused-ring (bicyclic) bond motifs is 1. The molecule has 1 atom stereocenters. The van der Waals surface area contributed by atoms with E-state index in [0.717, 1.165) is 12.8 Å². The van der Waals surface area contributed by atoms with Crippen LogP contribution in [0, 0.1) is 0 Å². The van der Waals surface area contributed by atoms with E-state index in [1.165, 1.54) is 0 Å². The van der Waals surface area contributed by atoms with Gasteiger partial charge in [-0.15, -0.1) is 0 Å². The SMILES string of the molecule is CC[C@@]1(n2c(=O)[nH]c3ncc(Br)nc32)C=CC=CC1. The fourth-order valence-electron chi connectivity index (χ4n) is 2.51. The highest BCUT2D eigenvalue weighted by molar-refractivity contribution is 9.10. The highest BCUT2D eigenvalue weighted by Crippen LogP contribution is 2.31. The van der Waals surface area contributed by atoms with Gasteiger partial charge in [-0.1, -0.05) is 31.2 Å². The van der Waals surface area contributed by atoms with Gasteiger partial charge in [0.2, 0.25) is 0 Å². The molecule has 5 nitrogen and oxygen atoms in total. The second-order valence-corrected chi connectivity index (χ2v) is 5.39. The van der Waals surface area contributed by atoms with E-state index in [1.807, 2.05) is 12.2 Å². The summed E-state index contributed by atoms with van der Waals surface area (Å²) in [5, 5.41) is 0. The van der Waals surface area contributed by atoms with Crippen LogP contribution in [0.25, 0.3) is 11.3 Å². The zero-order valence-corrected chi connectivity index (χ0v) is 12.0. The molecule has 1 N–H and O–H groups in total. The maximum atomic E-state index is 12.3. The van der Waals surface area contributed by atoms with E-state index >= 15 is 0 Å². The number of allylic oxidation sites excluding steroid dienone is 4. The summed E-state index contributed by atoms with van der Waals surface area (Å²) in [5.74, 6) is 0. The summed E-state index contributed by atoms with van der Waals surface area (Å²) < 4.78 is 2.33. The number of aromatic amines is 1. The third-order valence-electron chi connectivity index (χ3n) is 3.55. The Labute approximate surface area is 118 Å². The minimum atomic E-state index is -0.362. The lowest BCUT2D eigenvalue weighted by molar-refractivity contribution is 0.356. The van der Waals surface area contributed by atoms with Gasteiger partial charge in [-0.3, -0.25) is 9.55 Å². The topological polar surface area (TPSA) is 63.6 Å². The standard InChI is InChI=1S/C13H13BrN4O/c1-2-13(6-4-3-5-7-13)18-11-10(17-12(18)19)15-8-9(14)16-11/h3-6,8H,2,7H2,1H3,(H,15,17,19)/t13-/m1/s1. The largest absolute Gasteiger partial charge is 0.329 e. The molecule has 1 aliphatic rings. The highest BCUT2D eigenvalue weighted by Gasteiger charge is 2.31. The minimum Gasteiger partial charge on any atom is -0.289 e. The third-order valence-corrected chi connectivity index (χ3v) is 3.93. The van der Waals surface area contributed by atoms with Crippen molar-refractivity contribution in [2.75, 3.05) is 0 Å². The molecule has 2 aromatic heterocycles. The Hall–Kier alpha value is -1.69. The van der Waals surface area contributed by atoms with Crippen LogP contribution in [-0.2, 0) is 5.54 Å². The molecule has 2 aromatic rings. The van der Waals surface area contributed by atoms with Crippen molar-refractivity contribution >= 4 is 27.2 Å². The third kappa shape index (κ3) is 1.87. The maximum absolute atomic E-state index is 12.3. The molecule has 98 valence electrons. The van der Waals surface area contributed by atoms with E-state index in [-0.39, 0.29) is 11.2 Å². The van der Waals surface area contributed by atoms with Crippen LogP contribution in [0.2, 0.25) is 0 Å². The molecule has 0 radical (unpaired) electrons. The van der Waals surface area contributed by atoms with Crippen molar-refractivity contribution in [1.82, 2.24) is 19.5 Å². The smallest absolute Gasteiger partial charge is 0.289 e. The number of rotatable bonds is 2. The first kappa shape index (κ1) is 12.3. The average molecular weight is 321 g/mol. The zero-order chi connectivity index (χ0) is 13.5. The molecule has 0 aliphatic heterocycles. The van der Waals surface area contributed by atoms with Crippen LogP contribution >= 0.6 is 15.9 Å². The van der Waals surface area contributed by atoms with Gasteiger partial charge in [0, 0.05) is 0 Å². The lowest BCUT2D eigenvalue weighted by atomic mass is 9.88. The summed E-state index contributed by atoms with van der Waals surface area (Å²) in [7, 11) is 0. The summed E-state index contributed by atoms with van der Waals surface area (Å²) in [6.07, 6.45) is 11.3. The van der Waals surface area contributed by atoms with Crippen molar-refractivity contribution in [3.8, 4) is 0 Å². The van der Waals surface area contributed by atoms with E-state index in [9.17, 15) is 4.79 Å². The lowest BCUT2D eigenvalue weighted by Crippen LogP contribution is -2.38. The van der Waals surface area contributed by atoms with Gasteiger partial charge in [0.05, 0.1) is 11.7 Å². The monoisotopic (exact) mass is 320 g/mol. The molecular formula is C13H13BrN4O. The molecule has 2 heterocycles. The highest BCUT2D eigenvalue weighted by atomic mass is 79.9. The van der Waals surface area contributed by atoms with Crippen molar-refractivity contribution in [2.45, 2.75) is 25.3 Å². The fraction of sp³-hybridized carbons (Fsp3) is 0.308. The molecule has 19 heavy (non-hydrogen) atoms. The van der Waals surface area contributed by atoms with Gasteiger partial charge in [-0.2, -0.15) is 0 Å². The summed E-state index contributed by atoms with van der Waals surface area (Å²) in [6, 6.07) is 0. The van der Waals surface area contributed by atoms with Gasteiger partial charge in [0.1, 0.15) is 4.60 Å². The number of imidazole rings is 1. The number of halogens is 1. The van der Waals surface area contributed by atoms with Crippen molar-refractivity contribution in [2.24, 2.45) is 0 Å². The Bertz CT molecular complexity index is 743. The van der Waals surface area contributed by atoms with Crippen LogP contribution < -0.4 is 5.69 Å².